The van der Waals surface area contributed by atoms with Gasteiger partial charge in [0.1, 0.15) is 5.69 Å². The van der Waals surface area contributed by atoms with Crippen molar-refractivity contribution in [3.8, 4) is 11.3 Å². The molecule has 1 aliphatic heterocycles. The fraction of sp³-hybridized carbons (Fsp3) is 0.240. The molecule has 2 aromatic heterocycles. The highest BCUT2D eigenvalue weighted by Gasteiger charge is 2.43. The van der Waals surface area contributed by atoms with Crippen molar-refractivity contribution in [2.45, 2.75) is 25.6 Å². The highest BCUT2D eigenvalue weighted by Crippen LogP contribution is 2.44. The average Bonchev–Trinajstić information content (AvgIpc) is 3.54. The van der Waals surface area contributed by atoms with Crippen LogP contribution in [-0.2, 0) is 13.1 Å². The average molecular weight is 506 g/mol. The largest absolute Gasteiger partial charge is 0.394 e. The topological polar surface area (TPSA) is 76.2 Å². The molecule has 0 fully saturated rings. The molecule has 33 heavy (non-hydrogen) atoms. The molecule has 0 saturated heterocycles. The number of hydrogen-bond donors (Lipinski definition) is 1. The lowest BCUT2D eigenvalue weighted by Crippen LogP contribution is -2.32. The SMILES string of the molecule is O=C1c2c(c(-c3ccccc3)nn2CCO)C(c2ccc(Br)cc2)N1CCCn1ccnc1. The van der Waals surface area contributed by atoms with E-state index in [1.165, 1.54) is 0 Å². The summed E-state index contributed by atoms with van der Waals surface area (Å²) in [7, 11) is 0. The first-order valence-corrected chi connectivity index (χ1v) is 11.8. The molecule has 3 heterocycles. The second kappa shape index (κ2) is 9.33. The monoisotopic (exact) mass is 505 g/mol. The number of nitrogens with zero attached hydrogens (tertiary/aromatic N) is 5. The molecule has 168 valence electrons. The number of imidazole rings is 1. The Morgan fingerprint density at radius 2 is 1.79 bits per heavy atom. The Bertz CT molecular complexity index is 1240. The van der Waals surface area contributed by atoms with E-state index in [1.807, 2.05) is 58.1 Å². The summed E-state index contributed by atoms with van der Waals surface area (Å²) < 4.78 is 4.68. The zero-order chi connectivity index (χ0) is 22.8. The molecule has 0 aliphatic carbocycles. The molecule has 0 bridgehead atoms. The van der Waals surface area contributed by atoms with E-state index in [0.717, 1.165) is 39.8 Å². The summed E-state index contributed by atoms with van der Waals surface area (Å²) in [6.07, 6.45) is 6.28. The summed E-state index contributed by atoms with van der Waals surface area (Å²) >= 11 is 3.52. The van der Waals surface area contributed by atoms with Crippen LogP contribution in [0.25, 0.3) is 11.3 Å². The highest BCUT2D eigenvalue weighted by atomic mass is 79.9. The molecule has 1 aliphatic rings. The van der Waals surface area contributed by atoms with Crippen LogP contribution in [0.2, 0.25) is 0 Å². The third-order valence-electron chi connectivity index (χ3n) is 5.96. The summed E-state index contributed by atoms with van der Waals surface area (Å²) in [6, 6.07) is 17.8. The van der Waals surface area contributed by atoms with E-state index in [9.17, 15) is 9.90 Å². The van der Waals surface area contributed by atoms with Crippen molar-refractivity contribution < 1.29 is 9.90 Å². The van der Waals surface area contributed by atoms with E-state index >= 15 is 0 Å². The van der Waals surface area contributed by atoms with Gasteiger partial charge in [0.2, 0.25) is 0 Å². The number of amides is 1. The summed E-state index contributed by atoms with van der Waals surface area (Å²) in [4.78, 5) is 19.8. The van der Waals surface area contributed by atoms with Gasteiger partial charge in [-0.3, -0.25) is 9.48 Å². The predicted octanol–water partition coefficient (Wildman–Crippen LogP) is 4.14. The van der Waals surface area contributed by atoms with Crippen molar-refractivity contribution in [2.75, 3.05) is 13.2 Å². The van der Waals surface area contributed by atoms with Crippen LogP contribution in [0.4, 0.5) is 0 Å². The molecular weight excluding hydrogens is 482 g/mol. The van der Waals surface area contributed by atoms with Crippen molar-refractivity contribution in [1.82, 2.24) is 24.2 Å². The number of rotatable bonds is 8. The maximum absolute atomic E-state index is 13.7. The van der Waals surface area contributed by atoms with Gasteiger partial charge in [0, 0.05) is 41.1 Å². The van der Waals surface area contributed by atoms with Gasteiger partial charge in [0.25, 0.3) is 5.91 Å². The zero-order valence-electron chi connectivity index (χ0n) is 18.0. The van der Waals surface area contributed by atoms with Crippen molar-refractivity contribution >= 4 is 21.8 Å². The van der Waals surface area contributed by atoms with Crippen LogP contribution in [0.1, 0.15) is 34.1 Å². The fourth-order valence-corrected chi connectivity index (χ4v) is 4.76. The van der Waals surface area contributed by atoms with Crippen molar-refractivity contribution in [2.24, 2.45) is 0 Å². The number of carbonyl (C=O) groups is 1. The normalized spacial score (nSPS) is 15.3. The van der Waals surface area contributed by atoms with Gasteiger partial charge < -0.3 is 14.6 Å². The first-order valence-electron chi connectivity index (χ1n) is 11.0. The minimum Gasteiger partial charge on any atom is -0.394 e. The van der Waals surface area contributed by atoms with Gasteiger partial charge in [-0.25, -0.2) is 4.98 Å². The number of aliphatic hydroxyl groups is 1. The van der Waals surface area contributed by atoms with E-state index < -0.39 is 0 Å². The minimum atomic E-state index is -0.244. The molecule has 8 heteroatoms. The molecule has 1 unspecified atom stereocenters. The summed E-state index contributed by atoms with van der Waals surface area (Å²) in [5.41, 5.74) is 4.26. The fourth-order valence-electron chi connectivity index (χ4n) is 4.50. The second-order valence-electron chi connectivity index (χ2n) is 8.03. The molecule has 0 spiro atoms. The third-order valence-corrected chi connectivity index (χ3v) is 6.49. The number of aromatic nitrogens is 4. The van der Waals surface area contributed by atoms with Crippen molar-refractivity contribution in [3.63, 3.8) is 0 Å². The molecular formula is C25H24BrN5O2. The van der Waals surface area contributed by atoms with Crippen LogP contribution in [0, 0.1) is 0 Å². The van der Waals surface area contributed by atoms with Crippen LogP contribution in [0.3, 0.4) is 0 Å². The third kappa shape index (κ3) is 4.12. The number of halogens is 1. The maximum Gasteiger partial charge on any atom is 0.273 e. The van der Waals surface area contributed by atoms with E-state index in [0.29, 0.717) is 12.2 Å². The highest BCUT2D eigenvalue weighted by molar-refractivity contribution is 9.10. The first-order chi connectivity index (χ1) is 16.2. The Morgan fingerprint density at radius 1 is 1.00 bits per heavy atom. The van der Waals surface area contributed by atoms with Gasteiger partial charge in [0.15, 0.2) is 0 Å². The number of hydrogen-bond acceptors (Lipinski definition) is 4. The Hall–Kier alpha value is -3.23. The molecule has 7 nitrogen and oxygen atoms in total. The number of aryl methyl sites for hydroxylation is 1. The van der Waals surface area contributed by atoms with Gasteiger partial charge in [-0.2, -0.15) is 5.10 Å². The number of aliphatic hydroxyl groups excluding tert-OH is 1. The lowest BCUT2D eigenvalue weighted by molar-refractivity contribution is 0.0733. The number of carbonyl (C=O) groups excluding carboxylic acids is 1. The molecule has 1 atom stereocenters. The summed E-state index contributed by atoms with van der Waals surface area (Å²) in [6.45, 7) is 1.57. The van der Waals surface area contributed by atoms with Crippen molar-refractivity contribution in [1.29, 1.82) is 0 Å². The zero-order valence-corrected chi connectivity index (χ0v) is 19.6. The van der Waals surface area contributed by atoms with Gasteiger partial charge >= 0.3 is 0 Å². The van der Waals surface area contributed by atoms with Gasteiger partial charge in [-0.1, -0.05) is 58.4 Å². The Balaban J connectivity index is 1.59. The van der Waals surface area contributed by atoms with Gasteiger partial charge in [0.05, 0.1) is 31.2 Å². The van der Waals surface area contributed by atoms with Crippen LogP contribution >= 0.6 is 15.9 Å². The molecule has 0 saturated carbocycles. The van der Waals surface area contributed by atoms with Crippen LogP contribution in [0.15, 0.2) is 77.8 Å². The molecule has 1 amide bonds. The molecule has 5 rings (SSSR count). The van der Waals surface area contributed by atoms with Gasteiger partial charge in [-0.15, -0.1) is 0 Å². The Kier molecular flexibility index (Phi) is 6.11. The minimum absolute atomic E-state index is 0.0494. The van der Waals surface area contributed by atoms with E-state index in [-0.39, 0.29) is 25.1 Å². The van der Waals surface area contributed by atoms with Crippen LogP contribution in [-0.4, -0.2) is 48.4 Å². The summed E-state index contributed by atoms with van der Waals surface area (Å²) in [5.74, 6) is -0.0494. The van der Waals surface area contributed by atoms with Crippen LogP contribution in [0.5, 0.6) is 0 Å². The lowest BCUT2D eigenvalue weighted by atomic mass is 9.96. The van der Waals surface area contributed by atoms with Gasteiger partial charge in [-0.05, 0) is 24.1 Å². The van der Waals surface area contributed by atoms with E-state index in [2.05, 4.69) is 33.0 Å². The van der Waals surface area contributed by atoms with Crippen LogP contribution < -0.4 is 0 Å². The van der Waals surface area contributed by atoms with Crippen molar-refractivity contribution in [3.05, 3.63) is 94.6 Å². The smallest absolute Gasteiger partial charge is 0.273 e. The molecule has 1 N–H and O–H groups in total. The number of fused-ring (bicyclic) bond motifs is 1. The maximum atomic E-state index is 13.7. The standard InChI is InChI=1S/C25H24BrN5O2/c26-20-9-7-19(8-10-20)23-21-22(18-5-2-1-3-6-18)28-31(15-16-32)24(21)25(33)30(23)13-4-12-29-14-11-27-17-29/h1-3,5-11,14,17,23,32H,4,12-13,15-16H2. The Labute approximate surface area is 200 Å². The first kappa shape index (κ1) is 21.6. The lowest BCUT2D eigenvalue weighted by Gasteiger charge is -2.26. The number of benzene rings is 2. The second-order valence-corrected chi connectivity index (χ2v) is 8.95. The summed E-state index contributed by atoms with van der Waals surface area (Å²) in [5, 5.41) is 14.4. The predicted molar refractivity (Wildman–Crippen MR) is 129 cm³/mol. The van der Waals surface area contributed by atoms with E-state index in [4.69, 9.17) is 5.10 Å². The Morgan fingerprint density at radius 3 is 2.48 bits per heavy atom. The molecule has 0 radical (unpaired) electrons. The quantitative estimate of drug-likeness (QED) is 0.390. The molecule has 2 aromatic carbocycles. The molecule has 4 aromatic rings. The van der Waals surface area contributed by atoms with E-state index in [1.54, 1.807) is 17.2 Å².